The van der Waals surface area contributed by atoms with Crippen molar-refractivity contribution in [3.63, 3.8) is 0 Å². The number of hydrogen-bond donors (Lipinski definition) is 2. The number of pyridine rings is 1. The van der Waals surface area contributed by atoms with Crippen LogP contribution >= 0.6 is 0 Å². The van der Waals surface area contributed by atoms with E-state index in [1.807, 2.05) is 42.5 Å². The number of carbonyl (C=O) groups excluding carboxylic acids is 1. The molecule has 1 amide bonds. The van der Waals surface area contributed by atoms with Crippen LogP contribution in [0.1, 0.15) is 5.56 Å². The Morgan fingerprint density at radius 3 is 2.69 bits per heavy atom. The second-order valence-corrected chi connectivity index (χ2v) is 5.56. The molecular formula is C19H14N6O. The lowest BCUT2D eigenvalue weighted by molar-refractivity contribution is -0.111. The van der Waals surface area contributed by atoms with Gasteiger partial charge in [0.05, 0.1) is 5.52 Å². The lowest BCUT2D eigenvalue weighted by Crippen LogP contribution is -2.07. The van der Waals surface area contributed by atoms with Crippen LogP contribution in [0.15, 0.2) is 66.9 Å². The van der Waals surface area contributed by atoms with Gasteiger partial charge in [-0.15, -0.1) is 10.2 Å². The van der Waals surface area contributed by atoms with Crippen LogP contribution < -0.4 is 5.32 Å². The van der Waals surface area contributed by atoms with E-state index >= 15 is 0 Å². The first kappa shape index (κ1) is 15.6. The van der Waals surface area contributed by atoms with E-state index in [9.17, 15) is 4.79 Å². The molecule has 2 N–H and O–H groups in total. The summed E-state index contributed by atoms with van der Waals surface area (Å²) in [5.74, 6) is 0.288. The fourth-order valence-electron chi connectivity index (χ4n) is 2.60. The third-order valence-electron chi connectivity index (χ3n) is 3.83. The molecule has 0 radical (unpaired) electrons. The number of rotatable bonds is 4. The zero-order valence-electron chi connectivity index (χ0n) is 13.6. The monoisotopic (exact) mass is 342 g/mol. The predicted octanol–water partition coefficient (Wildman–Crippen LogP) is 3.07. The van der Waals surface area contributed by atoms with Gasteiger partial charge in [-0.05, 0) is 41.6 Å². The number of carbonyl (C=O) groups is 1. The average Bonchev–Trinajstić information content (AvgIpc) is 3.22. The molecule has 0 fully saturated rings. The molecule has 2 heterocycles. The quantitative estimate of drug-likeness (QED) is 0.556. The highest BCUT2D eigenvalue weighted by Gasteiger charge is 2.04. The van der Waals surface area contributed by atoms with Crippen LogP contribution in [0.4, 0.5) is 5.69 Å². The molecule has 0 aliphatic rings. The number of H-pyrrole nitrogens is 1. The lowest BCUT2D eigenvalue weighted by atomic mass is 10.1. The minimum absolute atomic E-state index is 0.217. The molecule has 7 heteroatoms. The number of tetrazole rings is 1. The van der Waals surface area contributed by atoms with E-state index in [0.717, 1.165) is 22.0 Å². The van der Waals surface area contributed by atoms with Crippen molar-refractivity contribution in [2.75, 3.05) is 5.32 Å². The number of para-hydroxylation sites is 1. The number of amides is 1. The number of hydrogen-bond acceptors (Lipinski definition) is 5. The normalized spacial score (nSPS) is 11.1. The Bertz CT molecular complexity index is 1070. The van der Waals surface area contributed by atoms with Crippen LogP contribution in [0, 0.1) is 0 Å². The highest BCUT2D eigenvalue weighted by Crippen LogP contribution is 2.18. The Kier molecular flexibility index (Phi) is 4.17. The first-order valence-corrected chi connectivity index (χ1v) is 7.96. The molecule has 26 heavy (non-hydrogen) atoms. The van der Waals surface area contributed by atoms with Gasteiger partial charge in [0.2, 0.25) is 11.7 Å². The zero-order chi connectivity index (χ0) is 17.8. The van der Waals surface area contributed by atoms with Crippen molar-refractivity contribution in [2.24, 2.45) is 0 Å². The summed E-state index contributed by atoms with van der Waals surface area (Å²) in [5.41, 5.74) is 3.26. The third-order valence-corrected chi connectivity index (χ3v) is 3.83. The summed E-state index contributed by atoms with van der Waals surface area (Å²) in [4.78, 5) is 16.6. The molecule has 0 unspecified atom stereocenters. The summed E-state index contributed by atoms with van der Waals surface area (Å²) >= 11 is 0. The Morgan fingerprint density at radius 2 is 1.88 bits per heavy atom. The predicted molar refractivity (Wildman–Crippen MR) is 99.0 cm³/mol. The van der Waals surface area contributed by atoms with E-state index in [1.54, 1.807) is 24.4 Å². The van der Waals surface area contributed by atoms with Crippen LogP contribution in [-0.4, -0.2) is 31.5 Å². The molecular weight excluding hydrogens is 328 g/mol. The van der Waals surface area contributed by atoms with Gasteiger partial charge >= 0.3 is 0 Å². The largest absolute Gasteiger partial charge is 0.323 e. The molecule has 2 aromatic heterocycles. The fraction of sp³-hybridized carbons (Fsp3) is 0. The summed E-state index contributed by atoms with van der Waals surface area (Å²) in [6, 6.07) is 17.0. The molecule has 4 rings (SSSR count). The molecule has 7 nitrogen and oxygen atoms in total. The molecule has 126 valence electrons. The van der Waals surface area contributed by atoms with E-state index in [0.29, 0.717) is 11.5 Å². The highest BCUT2D eigenvalue weighted by atomic mass is 16.1. The van der Waals surface area contributed by atoms with Gasteiger partial charge in [0, 0.05) is 34.5 Å². The van der Waals surface area contributed by atoms with E-state index in [1.165, 1.54) is 6.08 Å². The van der Waals surface area contributed by atoms with Gasteiger partial charge in [-0.3, -0.25) is 9.78 Å². The van der Waals surface area contributed by atoms with Crippen molar-refractivity contribution in [1.82, 2.24) is 25.6 Å². The summed E-state index contributed by atoms with van der Waals surface area (Å²) in [6.07, 6.45) is 5.00. The second kappa shape index (κ2) is 6.94. The van der Waals surface area contributed by atoms with E-state index in [-0.39, 0.29) is 5.91 Å². The average molecular weight is 342 g/mol. The van der Waals surface area contributed by atoms with Gasteiger partial charge in [0.15, 0.2) is 0 Å². The highest BCUT2D eigenvalue weighted by molar-refractivity contribution is 6.03. The van der Waals surface area contributed by atoms with E-state index in [2.05, 4.69) is 30.9 Å². The first-order chi connectivity index (χ1) is 12.8. The Morgan fingerprint density at radius 1 is 1.04 bits per heavy atom. The van der Waals surface area contributed by atoms with Gasteiger partial charge < -0.3 is 5.32 Å². The van der Waals surface area contributed by atoms with Gasteiger partial charge in [-0.25, -0.2) is 0 Å². The minimum atomic E-state index is -0.217. The van der Waals surface area contributed by atoms with Crippen LogP contribution in [0.25, 0.3) is 28.4 Å². The number of fused-ring (bicyclic) bond motifs is 1. The summed E-state index contributed by atoms with van der Waals surface area (Å²) < 4.78 is 0. The Labute approximate surface area is 148 Å². The summed E-state index contributed by atoms with van der Waals surface area (Å²) in [6.45, 7) is 0. The van der Waals surface area contributed by atoms with Crippen molar-refractivity contribution < 1.29 is 4.79 Å². The van der Waals surface area contributed by atoms with Crippen LogP contribution in [0.2, 0.25) is 0 Å². The Hall–Kier alpha value is -3.87. The fourth-order valence-corrected chi connectivity index (χ4v) is 2.60. The maximum Gasteiger partial charge on any atom is 0.248 e. The summed E-state index contributed by atoms with van der Waals surface area (Å²) in [5, 5.41) is 17.6. The molecule has 0 aliphatic heterocycles. The SMILES string of the molecule is O=C(/C=C/c1cccc2cccnc12)Nc1ccc(-c2nn[nH]n2)cc1. The van der Waals surface area contributed by atoms with Gasteiger partial charge in [0.25, 0.3) is 0 Å². The van der Waals surface area contributed by atoms with E-state index in [4.69, 9.17) is 0 Å². The van der Waals surface area contributed by atoms with Crippen molar-refractivity contribution in [3.8, 4) is 11.4 Å². The minimum Gasteiger partial charge on any atom is -0.323 e. The molecule has 0 spiro atoms. The molecule has 0 aliphatic carbocycles. The van der Waals surface area contributed by atoms with Gasteiger partial charge in [-0.2, -0.15) is 5.21 Å². The number of benzene rings is 2. The molecule has 0 saturated heterocycles. The lowest BCUT2D eigenvalue weighted by Gasteiger charge is -2.03. The Balaban J connectivity index is 1.47. The molecule has 4 aromatic rings. The van der Waals surface area contributed by atoms with Crippen molar-refractivity contribution in [2.45, 2.75) is 0 Å². The smallest absolute Gasteiger partial charge is 0.248 e. The van der Waals surface area contributed by atoms with Crippen molar-refractivity contribution in [3.05, 3.63) is 72.4 Å². The number of aromatic amines is 1. The maximum absolute atomic E-state index is 12.2. The van der Waals surface area contributed by atoms with Crippen LogP contribution in [-0.2, 0) is 4.79 Å². The van der Waals surface area contributed by atoms with Crippen molar-refractivity contribution >= 4 is 28.6 Å². The van der Waals surface area contributed by atoms with Crippen molar-refractivity contribution in [1.29, 1.82) is 0 Å². The van der Waals surface area contributed by atoms with Gasteiger partial charge in [-0.1, -0.05) is 24.3 Å². The number of nitrogens with one attached hydrogen (secondary N) is 2. The summed E-state index contributed by atoms with van der Waals surface area (Å²) in [7, 11) is 0. The number of nitrogens with zero attached hydrogens (tertiary/aromatic N) is 4. The standard InChI is InChI=1S/C19H14N6O/c26-17(11-8-14-4-1-3-13-5-2-12-20-18(13)14)21-16-9-6-15(7-10-16)19-22-24-25-23-19/h1-12H,(H,21,26)(H,22,23,24,25)/b11-8+. The molecule has 2 aromatic carbocycles. The second-order valence-electron chi connectivity index (χ2n) is 5.56. The topological polar surface area (TPSA) is 96.5 Å². The molecule has 0 atom stereocenters. The number of anilines is 1. The number of aromatic nitrogens is 5. The molecule has 0 bridgehead atoms. The maximum atomic E-state index is 12.2. The van der Waals surface area contributed by atoms with E-state index < -0.39 is 0 Å². The third kappa shape index (κ3) is 3.32. The van der Waals surface area contributed by atoms with Gasteiger partial charge in [0.1, 0.15) is 0 Å². The zero-order valence-corrected chi connectivity index (χ0v) is 13.6. The van der Waals surface area contributed by atoms with Crippen LogP contribution in [0.3, 0.4) is 0 Å². The van der Waals surface area contributed by atoms with Crippen LogP contribution in [0.5, 0.6) is 0 Å². The molecule has 0 saturated carbocycles. The first-order valence-electron chi connectivity index (χ1n) is 7.96.